The molecule has 0 radical (unpaired) electrons. The minimum Gasteiger partial charge on any atom is -0.332 e. The van der Waals surface area contributed by atoms with E-state index in [0.717, 1.165) is 11.3 Å². The highest BCUT2D eigenvalue weighted by Crippen LogP contribution is 2.23. The summed E-state index contributed by atoms with van der Waals surface area (Å²) in [5, 5.41) is 9.11. The molecule has 3 aromatic rings. The van der Waals surface area contributed by atoms with Crippen molar-refractivity contribution < 1.29 is 14.4 Å². The molecule has 0 aliphatic heterocycles. The van der Waals surface area contributed by atoms with Crippen LogP contribution in [-0.2, 0) is 4.79 Å². The van der Waals surface area contributed by atoms with Crippen molar-refractivity contribution in [1.29, 1.82) is 0 Å². The largest absolute Gasteiger partial charge is 0.332 e. The van der Waals surface area contributed by atoms with Gasteiger partial charge in [0.25, 0.3) is 5.91 Å². The molecule has 0 unspecified atom stereocenters. The molecule has 0 aliphatic carbocycles. The van der Waals surface area contributed by atoms with E-state index in [9.17, 15) is 14.4 Å². The van der Waals surface area contributed by atoms with Crippen molar-refractivity contribution in [1.82, 2.24) is 4.90 Å². The van der Waals surface area contributed by atoms with Gasteiger partial charge in [-0.25, -0.2) is 4.79 Å². The van der Waals surface area contributed by atoms with Crippen molar-refractivity contribution in [3.63, 3.8) is 0 Å². The Labute approximate surface area is 182 Å². The Balaban J connectivity index is 1.53. The number of amides is 4. The smallest absolute Gasteiger partial charge is 0.324 e. The lowest BCUT2D eigenvalue weighted by molar-refractivity contribution is -0.116. The normalized spacial score (nSPS) is 10.2. The number of benzene rings is 2. The molecule has 0 spiro atoms. The van der Waals surface area contributed by atoms with Gasteiger partial charge < -0.3 is 15.5 Å². The topological polar surface area (TPSA) is 90.5 Å². The van der Waals surface area contributed by atoms with Crippen LogP contribution in [0.25, 0.3) is 0 Å². The van der Waals surface area contributed by atoms with Crippen LogP contribution in [0.1, 0.15) is 9.67 Å². The summed E-state index contributed by atoms with van der Waals surface area (Å²) in [7, 11) is 1.54. The summed E-state index contributed by atoms with van der Waals surface area (Å²) >= 11 is 7.03. The number of halogens is 1. The molecule has 0 bridgehead atoms. The molecule has 7 nitrogen and oxygen atoms in total. The van der Waals surface area contributed by atoms with Crippen LogP contribution in [0.15, 0.2) is 66.7 Å². The first-order valence-corrected chi connectivity index (χ1v) is 10.1. The molecule has 2 aromatic carbocycles. The number of carbonyl (C=O) groups is 3. The maximum atomic E-state index is 12.6. The summed E-state index contributed by atoms with van der Waals surface area (Å²) in [6.45, 7) is -0.125. The average Bonchev–Trinajstić information content (AvgIpc) is 3.16. The molecule has 154 valence electrons. The van der Waals surface area contributed by atoms with E-state index in [2.05, 4.69) is 16.0 Å². The predicted octanol–water partition coefficient (Wildman–Crippen LogP) is 4.76. The zero-order valence-corrected chi connectivity index (χ0v) is 17.6. The molecule has 4 amide bonds. The number of hydrogen-bond donors (Lipinski definition) is 3. The number of thiophene rings is 1. The number of nitrogens with one attached hydrogen (secondary N) is 3. The Kier molecular flexibility index (Phi) is 7.05. The van der Waals surface area contributed by atoms with Crippen molar-refractivity contribution in [2.45, 2.75) is 0 Å². The highest BCUT2D eigenvalue weighted by atomic mass is 35.5. The Bertz CT molecular complexity index is 1060. The Hall–Kier alpha value is -3.36. The third-order valence-electron chi connectivity index (χ3n) is 3.92. The minimum atomic E-state index is -0.406. The molecule has 0 aliphatic rings. The highest BCUT2D eigenvalue weighted by molar-refractivity contribution is 7.18. The first kappa shape index (κ1) is 21.4. The van der Waals surface area contributed by atoms with E-state index in [4.69, 9.17) is 11.6 Å². The maximum Gasteiger partial charge on any atom is 0.324 e. The summed E-state index contributed by atoms with van der Waals surface area (Å²) in [6, 6.07) is 18.6. The number of carbonyl (C=O) groups excluding carboxylic acids is 3. The quantitative estimate of drug-likeness (QED) is 0.514. The van der Waals surface area contributed by atoms with Gasteiger partial charge in [-0.05, 0) is 42.5 Å². The van der Waals surface area contributed by atoms with Crippen LogP contribution >= 0.6 is 22.9 Å². The van der Waals surface area contributed by atoms with Gasteiger partial charge in [0.15, 0.2) is 0 Å². The van der Waals surface area contributed by atoms with Crippen LogP contribution in [0.4, 0.5) is 21.2 Å². The van der Waals surface area contributed by atoms with E-state index < -0.39 is 6.03 Å². The second kappa shape index (κ2) is 9.91. The van der Waals surface area contributed by atoms with Gasteiger partial charge in [-0.15, -0.1) is 11.3 Å². The number of rotatable bonds is 6. The highest BCUT2D eigenvalue weighted by Gasteiger charge is 2.18. The van der Waals surface area contributed by atoms with Crippen molar-refractivity contribution in [3.05, 3.63) is 76.6 Å². The van der Waals surface area contributed by atoms with Crippen LogP contribution in [0, 0.1) is 0 Å². The molecule has 1 heterocycles. The van der Waals surface area contributed by atoms with Crippen molar-refractivity contribution in [2.75, 3.05) is 29.5 Å². The first-order valence-electron chi connectivity index (χ1n) is 8.94. The number of urea groups is 1. The number of para-hydroxylation sites is 1. The maximum absolute atomic E-state index is 12.6. The van der Waals surface area contributed by atoms with Crippen LogP contribution < -0.4 is 16.0 Å². The minimum absolute atomic E-state index is 0.125. The summed E-state index contributed by atoms with van der Waals surface area (Å²) in [5.41, 5.74) is 1.22. The number of nitrogens with zero attached hydrogens (tertiary/aromatic N) is 1. The SMILES string of the molecule is CN(CC(=O)Nc1cccc(Cl)c1)C(=O)c1ccc(NC(=O)Nc2ccccc2)s1. The van der Waals surface area contributed by atoms with Crippen molar-refractivity contribution in [2.24, 2.45) is 0 Å². The lowest BCUT2D eigenvalue weighted by Gasteiger charge is -2.16. The standard InChI is InChI=1S/C21H19ClN4O3S/c1-26(13-18(27)23-16-9-5-6-14(22)12-16)20(28)17-10-11-19(30-17)25-21(29)24-15-7-3-2-4-8-15/h2-12H,13H2,1H3,(H,23,27)(H2,24,25,29). The molecular formula is C21H19ClN4O3S. The molecule has 3 N–H and O–H groups in total. The number of hydrogen-bond acceptors (Lipinski definition) is 4. The van der Waals surface area contributed by atoms with Gasteiger partial charge in [-0.2, -0.15) is 0 Å². The van der Waals surface area contributed by atoms with Crippen LogP contribution in [0.5, 0.6) is 0 Å². The summed E-state index contributed by atoms with van der Waals surface area (Å²) in [5.74, 6) is -0.664. The lowest BCUT2D eigenvalue weighted by Crippen LogP contribution is -2.34. The monoisotopic (exact) mass is 442 g/mol. The molecule has 3 rings (SSSR count). The van der Waals surface area contributed by atoms with Crippen LogP contribution in [0.3, 0.4) is 0 Å². The van der Waals surface area contributed by atoms with E-state index in [1.165, 1.54) is 11.9 Å². The van der Waals surface area contributed by atoms with Crippen LogP contribution in [-0.4, -0.2) is 36.3 Å². The lowest BCUT2D eigenvalue weighted by atomic mass is 10.3. The van der Waals surface area contributed by atoms with Gasteiger partial charge >= 0.3 is 6.03 Å². The van der Waals surface area contributed by atoms with Gasteiger partial charge in [0, 0.05) is 23.4 Å². The van der Waals surface area contributed by atoms with Gasteiger partial charge in [0.1, 0.15) is 0 Å². The Morgan fingerprint density at radius 1 is 0.900 bits per heavy atom. The third-order valence-corrected chi connectivity index (χ3v) is 5.14. The molecule has 0 fully saturated rings. The molecule has 1 aromatic heterocycles. The number of likely N-dealkylation sites (N-methyl/N-ethyl adjacent to an activating group) is 1. The van der Waals surface area contributed by atoms with Crippen molar-refractivity contribution in [3.8, 4) is 0 Å². The fourth-order valence-corrected chi connectivity index (χ4v) is 3.64. The van der Waals surface area contributed by atoms with E-state index in [-0.39, 0.29) is 18.4 Å². The Morgan fingerprint density at radius 3 is 2.37 bits per heavy atom. The fourth-order valence-electron chi connectivity index (χ4n) is 2.56. The Morgan fingerprint density at radius 2 is 1.63 bits per heavy atom. The van der Waals surface area contributed by atoms with Gasteiger partial charge in [-0.3, -0.25) is 14.9 Å². The third kappa shape index (κ3) is 6.07. The zero-order chi connectivity index (χ0) is 21.5. The molecule has 9 heteroatoms. The summed E-state index contributed by atoms with van der Waals surface area (Å²) in [4.78, 5) is 38.5. The average molecular weight is 443 g/mol. The molecule has 30 heavy (non-hydrogen) atoms. The molecule has 0 saturated carbocycles. The van der Waals surface area contributed by atoms with E-state index >= 15 is 0 Å². The second-order valence-electron chi connectivity index (χ2n) is 6.33. The summed E-state index contributed by atoms with van der Waals surface area (Å²) in [6.07, 6.45) is 0. The van der Waals surface area contributed by atoms with Crippen molar-refractivity contribution >= 4 is 57.2 Å². The zero-order valence-electron chi connectivity index (χ0n) is 16.0. The fraction of sp³-hybridized carbons (Fsp3) is 0.0952. The number of anilines is 3. The first-order chi connectivity index (χ1) is 14.4. The molecule has 0 saturated heterocycles. The van der Waals surface area contributed by atoms with E-state index in [0.29, 0.717) is 26.3 Å². The van der Waals surface area contributed by atoms with Gasteiger partial charge in [0.05, 0.1) is 16.4 Å². The predicted molar refractivity (Wildman–Crippen MR) is 120 cm³/mol. The summed E-state index contributed by atoms with van der Waals surface area (Å²) < 4.78 is 0. The second-order valence-corrected chi connectivity index (χ2v) is 7.85. The van der Waals surface area contributed by atoms with E-state index in [1.54, 1.807) is 48.5 Å². The van der Waals surface area contributed by atoms with Gasteiger partial charge in [-0.1, -0.05) is 35.9 Å². The van der Waals surface area contributed by atoms with E-state index in [1.807, 2.05) is 18.2 Å². The molecule has 0 atom stereocenters. The molecular weight excluding hydrogens is 424 g/mol. The van der Waals surface area contributed by atoms with Gasteiger partial charge in [0.2, 0.25) is 5.91 Å². The van der Waals surface area contributed by atoms with Crippen LogP contribution in [0.2, 0.25) is 5.02 Å².